The van der Waals surface area contributed by atoms with Crippen LogP contribution in [0.3, 0.4) is 0 Å². The molecule has 2 aromatic carbocycles. The summed E-state index contributed by atoms with van der Waals surface area (Å²) in [5.74, 6) is 0.615. The molecule has 2 amide bonds. The van der Waals surface area contributed by atoms with Crippen LogP contribution in [0, 0.1) is 0 Å². The normalized spacial score (nSPS) is 17.9. The number of carbonyl (C=O) groups is 2. The number of hydrogen-bond donors (Lipinski definition) is 2. The van der Waals surface area contributed by atoms with Gasteiger partial charge in [0.05, 0.1) is 64.8 Å². The van der Waals surface area contributed by atoms with Crippen LogP contribution in [-0.4, -0.2) is 102 Å². The Balaban J connectivity index is 0.939. The predicted octanol–water partition coefficient (Wildman–Crippen LogP) is 7.99. The van der Waals surface area contributed by atoms with Crippen molar-refractivity contribution < 1.29 is 23.6 Å². The molecule has 4 atom stereocenters. The van der Waals surface area contributed by atoms with Gasteiger partial charge in [0.1, 0.15) is 28.1 Å². The summed E-state index contributed by atoms with van der Waals surface area (Å²) in [5, 5.41) is 10.6. The summed E-state index contributed by atoms with van der Waals surface area (Å²) >= 11 is 15.0. The molecule has 2 aliphatic heterocycles. The number of nitrogens with zero attached hydrogens (tertiary/aromatic N) is 10. The lowest BCUT2D eigenvalue weighted by molar-refractivity contribution is -0.745. The van der Waals surface area contributed by atoms with Gasteiger partial charge >= 0.3 is 0 Å². The third-order valence-electron chi connectivity index (χ3n) is 11.9. The van der Waals surface area contributed by atoms with Gasteiger partial charge in [-0.25, -0.2) is 29.9 Å². The maximum Gasteiger partial charge on any atom is 0.291 e. The van der Waals surface area contributed by atoms with Crippen LogP contribution in [-0.2, 0) is 9.47 Å². The van der Waals surface area contributed by atoms with Crippen LogP contribution in [0.5, 0.6) is 0 Å². The van der Waals surface area contributed by atoms with Crippen LogP contribution in [0.25, 0.3) is 42.9 Å². The number of morpholine rings is 1. The number of halogens is 2. The quantitative estimate of drug-likeness (QED) is 0.133. The Hall–Kier alpha value is -6.24. The Labute approximate surface area is 387 Å². The second-order valence-electron chi connectivity index (χ2n) is 16.2. The maximum atomic E-state index is 14.9. The molecule has 10 rings (SSSR count). The van der Waals surface area contributed by atoms with Gasteiger partial charge in [0, 0.05) is 36.7 Å². The Morgan fingerprint density at radius 2 is 1.51 bits per heavy atom. The van der Waals surface area contributed by atoms with E-state index >= 15 is 0 Å². The van der Waals surface area contributed by atoms with Gasteiger partial charge in [-0.15, -0.1) is 11.3 Å². The molecule has 2 aliphatic rings. The van der Waals surface area contributed by atoms with E-state index in [0.717, 1.165) is 27.5 Å². The zero-order valence-corrected chi connectivity index (χ0v) is 37.9. The first-order chi connectivity index (χ1) is 31.6. The van der Waals surface area contributed by atoms with Gasteiger partial charge in [0.15, 0.2) is 16.9 Å². The van der Waals surface area contributed by atoms with Gasteiger partial charge in [-0.1, -0.05) is 47.5 Å². The van der Waals surface area contributed by atoms with E-state index in [-0.39, 0.29) is 42.7 Å². The number of pyridine rings is 3. The summed E-state index contributed by atoms with van der Waals surface area (Å²) < 4.78 is 14.0. The first-order valence-corrected chi connectivity index (χ1v) is 23.0. The minimum atomic E-state index is -0.616. The first kappa shape index (κ1) is 42.7. The molecule has 0 aliphatic carbocycles. The number of benzene rings is 2. The van der Waals surface area contributed by atoms with Crippen LogP contribution in [0.15, 0.2) is 85.0 Å². The number of amides is 2. The molecule has 19 heteroatoms. The summed E-state index contributed by atoms with van der Waals surface area (Å²) in [6, 6.07) is 17.8. The number of anilines is 2. The highest BCUT2D eigenvalue weighted by Crippen LogP contribution is 2.34. The lowest BCUT2D eigenvalue weighted by Gasteiger charge is -2.37. The maximum absolute atomic E-state index is 14.9. The van der Waals surface area contributed by atoms with Crippen molar-refractivity contribution in [1.29, 1.82) is 0 Å². The summed E-state index contributed by atoms with van der Waals surface area (Å²) in [7, 11) is 0. The van der Waals surface area contributed by atoms with E-state index in [0.29, 0.717) is 86.9 Å². The third-order valence-corrected chi connectivity index (χ3v) is 13.2. The summed E-state index contributed by atoms with van der Waals surface area (Å²) in [6.07, 6.45) is 5.02. The van der Waals surface area contributed by atoms with E-state index < -0.39 is 12.3 Å². The molecule has 6 aromatic heterocycles. The molecule has 2 fully saturated rings. The minimum absolute atomic E-state index is 0.189. The Bertz CT molecular complexity index is 3130. The van der Waals surface area contributed by atoms with Gasteiger partial charge in [-0.05, 0) is 79.3 Å². The molecule has 0 spiro atoms. The molecule has 0 saturated carbocycles. The molecular weight excluding hydrogens is 888 g/mol. The zero-order chi connectivity index (χ0) is 44.8. The number of rotatable bonds is 9. The topological polar surface area (TPSA) is 177 Å². The highest BCUT2D eigenvalue weighted by atomic mass is 35.5. The van der Waals surface area contributed by atoms with Crippen molar-refractivity contribution in [2.24, 2.45) is 0 Å². The standard InChI is InChI=1S/C46H42Cl2N12O4S/c1-25-21-64-35(20-59(25)46(62)40-37-29(9-5-11-31(37)48)19-33(57-40)27(3)55-43-41-44(51-22-50-43)65-24-53-41)60-23-52-42(38-34(60)12-6-13-49-38)54-26(2)32-18-28-8-4-10-30(47)36(28)39(56-32)45(61)58-14-7-16-63-17-15-58/h4-6,8-13,18-19,22-27,35H,7,14-17,20-21H2,1-3H3,(H,50,51,55)/p+1. The smallest absolute Gasteiger partial charge is 0.291 e. The van der Waals surface area contributed by atoms with E-state index in [1.807, 2.05) is 73.9 Å². The molecular formula is C46H43Cl2N12O4S+. The van der Waals surface area contributed by atoms with E-state index in [2.05, 4.69) is 25.6 Å². The average molecular weight is 931 g/mol. The van der Waals surface area contributed by atoms with Crippen LogP contribution < -0.4 is 15.2 Å². The predicted molar refractivity (Wildman–Crippen MR) is 249 cm³/mol. The number of thiazole rings is 1. The number of nitrogens with one attached hydrogen (secondary N) is 2. The lowest BCUT2D eigenvalue weighted by Crippen LogP contribution is -2.56. The van der Waals surface area contributed by atoms with Gasteiger partial charge in [-0.2, -0.15) is 4.57 Å². The van der Waals surface area contributed by atoms with Gasteiger partial charge < -0.3 is 29.9 Å². The van der Waals surface area contributed by atoms with Crippen LogP contribution in [0.4, 0.5) is 11.6 Å². The molecule has 8 heterocycles. The highest BCUT2D eigenvalue weighted by Gasteiger charge is 2.37. The number of ether oxygens (including phenoxy) is 2. The van der Waals surface area contributed by atoms with Gasteiger partial charge in [0.25, 0.3) is 24.0 Å². The van der Waals surface area contributed by atoms with Crippen LogP contribution >= 0.6 is 34.5 Å². The van der Waals surface area contributed by atoms with Crippen LogP contribution in [0.1, 0.15) is 77.9 Å². The molecule has 65 heavy (non-hydrogen) atoms. The highest BCUT2D eigenvalue weighted by molar-refractivity contribution is 7.16. The second kappa shape index (κ2) is 18.0. The number of carbonyl (C=O) groups excluding carboxylic acids is 2. The molecule has 330 valence electrons. The SMILES string of the molecule is CC(Nc1ncnc2scnc12)c1cc2cccc(Cl)c2c(C(=O)N2CC([n+]3cnc(NC(C)c4cc5cccc(Cl)c5c(C(=O)N5CCCOCC5)n4)c4ncccc43)OCC2C)n1. The summed E-state index contributed by atoms with van der Waals surface area (Å²) in [5.41, 5.74) is 5.52. The van der Waals surface area contributed by atoms with Gasteiger partial charge in [-0.3, -0.25) is 9.59 Å². The van der Waals surface area contributed by atoms with E-state index in [9.17, 15) is 9.59 Å². The Morgan fingerprint density at radius 3 is 2.23 bits per heavy atom. The molecule has 0 bridgehead atoms. The number of fused-ring (bicyclic) bond motifs is 4. The fourth-order valence-electron chi connectivity index (χ4n) is 8.48. The first-order valence-electron chi connectivity index (χ1n) is 21.3. The van der Waals surface area contributed by atoms with Crippen molar-refractivity contribution >= 4 is 101 Å². The molecule has 0 radical (unpaired) electrons. The summed E-state index contributed by atoms with van der Waals surface area (Å²) in [4.78, 5) is 66.0. The van der Waals surface area contributed by atoms with Gasteiger partial charge in [0.2, 0.25) is 6.23 Å². The van der Waals surface area contributed by atoms with Crippen molar-refractivity contribution in [3.8, 4) is 0 Å². The number of hydrogen-bond acceptors (Lipinski definition) is 14. The van der Waals surface area contributed by atoms with Crippen molar-refractivity contribution in [2.45, 2.75) is 51.5 Å². The monoisotopic (exact) mass is 929 g/mol. The lowest BCUT2D eigenvalue weighted by atomic mass is 10.0. The van der Waals surface area contributed by atoms with Crippen molar-refractivity contribution in [2.75, 3.05) is 50.1 Å². The fraction of sp³-hybridized carbons (Fsp3) is 0.304. The molecule has 2 saturated heterocycles. The van der Waals surface area contributed by atoms with E-state index in [4.69, 9.17) is 52.6 Å². The molecule has 4 unspecified atom stereocenters. The average Bonchev–Trinajstić information content (AvgIpc) is 3.65. The summed E-state index contributed by atoms with van der Waals surface area (Å²) in [6.45, 7) is 8.44. The zero-order valence-electron chi connectivity index (χ0n) is 35.6. The van der Waals surface area contributed by atoms with Crippen molar-refractivity contribution in [3.63, 3.8) is 0 Å². The molecule has 2 N–H and O–H groups in total. The Morgan fingerprint density at radius 1 is 0.815 bits per heavy atom. The van der Waals surface area contributed by atoms with E-state index in [1.54, 1.807) is 40.0 Å². The third kappa shape index (κ3) is 8.23. The van der Waals surface area contributed by atoms with Crippen LogP contribution in [0.2, 0.25) is 10.0 Å². The van der Waals surface area contributed by atoms with E-state index in [1.165, 1.54) is 17.7 Å². The molecule has 8 aromatic rings. The Kier molecular flexibility index (Phi) is 11.8. The fourth-order valence-corrected chi connectivity index (χ4v) is 9.65. The number of aromatic nitrogens is 8. The minimum Gasteiger partial charge on any atom is -0.380 e. The molecule has 16 nitrogen and oxygen atoms in total. The largest absolute Gasteiger partial charge is 0.380 e. The van der Waals surface area contributed by atoms with Crippen molar-refractivity contribution in [1.82, 2.24) is 44.7 Å². The second-order valence-corrected chi connectivity index (χ2v) is 17.8. The van der Waals surface area contributed by atoms with Crippen molar-refractivity contribution in [3.05, 3.63) is 118 Å².